The van der Waals surface area contributed by atoms with Crippen LogP contribution in [0.15, 0.2) is 18.2 Å². The SMILES string of the molecule is O=C(CC1CNCCS1(=O)=O)NC1CC2(C1)CC(c1nc3cc(Cl)ccc3s1)C2. The molecule has 1 saturated heterocycles. The van der Waals surface area contributed by atoms with Gasteiger partial charge in [-0.1, -0.05) is 11.6 Å². The second-order valence-corrected chi connectivity index (χ2v) is 12.7. The zero-order valence-corrected chi connectivity index (χ0v) is 18.4. The number of sulfone groups is 1. The lowest BCUT2D eigenvalue weighted by molar-refractivity contribution is -0.124. The van der Waals surface area contributed by atoms with Gasteiger partial charge in [0.15, 0.2) is 9.84 Å². The van der Waals surface area contributed by atoms with Crippen molar-refractivity contribution >= 4 is 48.9 Å². The molecule has 1 atom stereocenters. The molecule has 29 heavy (non-hydrogen) atoms. The quantitative estimate of drug-likeness (QED) is 0.743. The average molecular weight is 454 g/mol. The van der Waals surface area contributed by atoms with E-state index < -0.39 is 15.1 Å². The molecule has 5 rings (SSSR count). The van der Waals surface area contributed by atoms with Crippen molar-refractivity contribution in [2.24, 2.45) is 5.41 Å². The van der Waals surface area contributed by atoms with Gasteiger partial charge >= 0.3 is 0 Å². The average Bonchev–Trinajstić information content (AvgIpc) is 3.00. The molecule has 156 valence electrons. The van der Waals surface area contributed by atoms with E-state index in [4.69, 9.17) is 16.6 Å². The fourth-order valence-corrected chi connectivity index (χ4v) is 7.89. The summed E-state index contributed by atoms with van der Waals surface area (Å²) in [5, 5.41) is 7.43. The fourth-order valence-electron chi connectivity index (χ4n) is 5.14. The number of carbonyl (C=O) groups excluding carboxylic acids is 1. The molecule has 2 saturated carbocycles. The van der Waals surface area contributed by atoms with Crippen molar-refractivity contribution in [3.05, 3.63) is 28.2 Å². The lowest BCUT2D eigenvalue weighted by Gasteiger charge is -2.57. The number of carbonyl (C=O) groups is 1. The van der Waals surface area contributed by atoms with Crippen LogP contribution in [0.1, 0.15) is 43.0 Å². The Hall–Kier alpha value is -1.22. The number of halogens is 1. The maximum atomic E-state index is 12.3. The minimum Gasteiger partial charge on any atom is -0.353 e. The zero-order chi connectivity index (χ0) is 20.2. The highest BCUT2D eigenvalue weighted by Gasteiger charge is 2.54. The Morgan fingerprint density at radius 3 is 2.86 bits per heavy atom. The van der Waals surface area contributed by atoms with Crippen molar-refractivity contribution < 1.29 is 13.2 Å². The monoisotopic (exact) mass is 453 g/mol. The van der Waals surface area contributed by atoms with Crippen molar-refractivity contribution in [1.82, 2.24) is 15.6 Å². The van der Waals surface area contributed by atoms with Crippen LogP contribution in [0, 0.1) is 5.41 Å². The van der Waals surface area contributed by atoms with Gasteiger partial charge in [0.25, 0.3) is 0 Å². The van der Waals surface area contributed by atoms with Crippen molar-refractivity contribution in [3.8, 4) is 0 Å². The first-order valence-electron chi connectivity index (χ1n) is 10.1. The molecule has 0 bridgehead atoms. The summed E-state index contributed by atoms with van der Waals surface area (Å²) in [7, 11) is -3.15. The number of benzene rings is 1. The first-order chi connectivity index (χ1) is 13.8. The minimum atomic E-state index is -3.15. The van der Waals surface area contributed by atoms with Crippen LogP contribution < -0.4 is 10.6 Å². The molecule has 1 spiro atoms. The van der Waals surface area contributed by atoms with E-state index in [0.29, 0.717) is 29.4 Å². The summed E-state index contributed by atoms with van der Waals surface area (Å²) in [6.07, 6.45) is 4.28. The molecule has 1 aliphatic heterocycles. The van der Waals surface area contributed by atoms with Crippen molar-refractivity contribution in [1.29, 1.82) is 0 Å². The van der Waals surface area contributed by atoms with Crippen LogP contribution in [0.4, 0.5) is 0 Å². The predicted octanol–water partition coefficient (Wildman–Crippen LogP) is 2.87. The summed E-state index contributed by atoms with van der Waals surface area (Å²) in [6, 6.07) is 6.03. The molecule has 3 aliphatic rings. The van der Waals surface area contributed by atoms with E-state index in [1.54, 1.807) is 11.3 Å². The molecule has 1 aromatic heterocycles. The van der Waals surface area contributed by atoms with E-state index in [2.05, 4.69) is 10.6 Å². The molecule has 2 aromatic rings. The molecule has 1 aromatic carbocycles. The highest BCUT2D eigenvalue weighted by atomic mass is 35.5. The Morgan fingerprint density at radius 2 is 2.10 bits per heavy atom. The third kappa shape index (κ3) is 3.80. The van der Waals surface area contributed by atoms with Crippen LogP contribution in [0.3, 0.4) is 0 Å². The maximum absolute atomic E-state index is 12.3. The van der Waals surface area contributed by atoms with Crippen LogP contribution in [0.2, 0.25) is 5.02 Å². The third-order valence-corrected chi connectivity index (χ3v) is 10.2. The van der Waals surface area contributed by atoms with Crippen molar-refractivity contribution in [2.45, 2.75) is 49.3 Å². The van der Waals surface area contributed by atoms with Crippen LogP contribution in [0.5, 0.6) is 0 Å². The second kappa shape index (κ2) is 7.18. The molecular formula is C20H24ClN3O3S2. The number of hydrogen-bond acceptors (Lipinski definition) is 6. The number of rotatable bonds is 4. The first kappa shape index (κ1) is 19.7. The fraction of sp³-hybridized carbons (Fsp3) is 0.600. The Morgan fingerprint density at radius 1 is 1.31 bits per heavy atom. The molecule has 6 nitrogen and oxygen atoms in total. The number of thiazole rings is 1. The number of nitrogens with zero attached hydrogens (tertiary/aromatic N) is 1. The van der Waals surface area contributed by atoms with Gasteiger partial charge in [0.05, 0.1) is 26.2 Å². The van der Waals surface area contributed by atoms with Crippen molar-refractivity contribution in [3.63, 3.8) is 0 Å². The van der Waals surface area contributed by atoms with Crippen LogP contribution in [-0.4, -0.2) is 49.4 Å². The number of aromatic nitrogens is 1. The summed E-state index contributed by atoms with van der Waals surface area (Å²) in [5.74, 6) is 0.485. The van der Waals surface area contributed by atoms with Gasteiger partial charge in [0, 0.05) is 36.5 Å². The third-order valence-electron chi connectivity index (χ3n) is 6.65. The van der Waals surface area contributed by atoms with E-state index in [1.807, 2.05) is 18.2 Å². The number of hydrogen-bond donors (Lipinski definition) is 2. The van der Waals surface area contributed by atoms with Gasteiger partial charge in [-0.05, 0) is 49.3 Å². The zero-order valence-electron chi connectivity index (χ0n) is 16.0. The van der Waals surface area contributed by atoms with E-state index in [0.717, 1.165) is 31.2 Å². The highest BCUT2D eigenvalue weighted by molar-refractivity contribution is 7.92. The molecule has 0 radical (unpaired) electrons. The second-order valence-electron chi connectivity index (χ2n) is 8.84. The highest BCUT2D eigenvalue weighted by Crippen LogP contribution is 2.62. The van der Waals surface area contributed by atoms with E-state index in [1.165, 1.54) is 9.71 Å². The molecule has 2 heterocycles. The largest absolute Gasteiger partial charge is 0.353 e. The Balaban J connectivity index is 1.11. The molecule has 1 unspecified atom stereocenters. The van der Waals surface area contributed by atoms with Gasteiger partial charge in [0.1, 0.15) is 0 Å². The van der Waals surface area contributed by atoms with Gasteiger partial charge in [-0.15, -0.1) is 11.3 Å². The summed E-state index contributed by atoms with van der Waals surface area (Å²) in [4.78, 5) is 17.1. The molecular weight excluding hydrogens is 430 g/mol. The normalized spacial score (nSPS) is 33.2. The standard InChI is InChI=1S/C20H24ClN3O3S2/c21-13-1-2-17-16(5-13)24-19(28-17)12-7-20(8-12)9-14(10-20)23-18(25)6-15-11-22-3-4-29(15,26)27/h1-2,5,12,14-15,22H,3-4,6-11H2,(H,23,25). The maximum Gasteiger partial charge on any atom is 0.221 e. The smallest absolute Gasteiger partial charge is 0.221 e. The van der Waals surface area contributed by atoms with Crippen LogP contribution in [0.25, 0.3) is 10.2 Å². The van der Waals surface area contributed by atoms with Crippen LogP contribution in [-0.2, 0) is 14.6 Å². The lowest BCUT2D eigenvalue weighted by atomic mass is 9.50. The molecule has 9 heteroatoms. The summed E-state index contributed by atoms with van der Waals surface area (Å²) in [5.41, 5.74) is 1.31. The predicted molar refractivity (Wildman–Crippen MR) is 115 cm³/mol. The van der Waals surface area contributed by atoms with E-state index >= 15 is 0 Å². The first-order valence-corrected chi connectivity index (χ1v) is 13.0. The number of amides is 1. The summed E-state index contributed by atoms with van der Waals surface area (Å²) in [6.45, 7) is 0.855. The number of fused-ring (bicyclic) bond motifs is 1. The Labute approximate surface area is 179 Å². The van der Waals surface area contributed by atoms with E-state index in [9.17, 15) is 13.2 Å². The van der Waals surface area contributed by atoms with Gasteiger partial charge in [-0.2, -0.15) is 0 Å². The van der Waals surface area contributed by atoms with Gasteiger partial charge in [-0.3, -0.25) is 4.79 Å². The summed E-state index contributed by atoms with van der Waals surface area (Å²) >= 11 is 7.81. The molecule has 1 amide bonds. The van der Waals surface area contributed by atoms with E-state index in [-0.39, 0.29) is 24.1 Å². The molecule has 2 N–H and O–H groups in total. The lowest BCUT2D eigenvalue weighted by Crippen LogP contribution is -2.56. The Kier molecular flexibility index (Phi) is 4.89. The van der Waals surface area contributed by atoms with Gasteiger partial charge in [0.2, 0.25) is 5.91 Å². The summed E-state index contributed by atoms with van der Waals surface area (Å²) < 4.78 is 25.3. The van der Waals surface area contributed by atoms with Gasteiger partial charge < -0.3 is 10.6 Å². The number of nitrogens with one attached hydrogen (secondary N) is 2. The molecule has 2 aliphatic carbocycles. The van der Waals surface area contributed by atoms with Gasteiger partial charge in [-0.25, -0.2) is 13.4 Å². The Bertz CT molecular complexity index is 1050. The van der Waals surface area contributed by atoms with Crippen LogP contribution >= 0.6 is 22.9 Å². The minimum absolute atomic E-state index is 0.0652. The molecule has 3 fully saturated rings. The topological polar surface area (TPSA) is 88.2 Å². The van der Waals surface area contributed by atoms with Crippen molar-refractivity contribution in [2.75, 3.05) is 18.8 Å².